The third-order valence-corrected chi connectivity index (χ3v) is 1.89. The van der Waals surface area contributed by atoms with Gasteiger partial charge in [0.05, 0.1) is 52.9 Å². The smallest absolute Gasteiger partial charge is 0.107 e. The van der Waals surface area contributed by atoms with Gasteiger partial charge in [-0.2, -0.15) is 0 Å². The molecule has 0 aromatic carbocycles. The monoisotopic (exact) mass is 348 g/mol. The molecule has 0 aliphatic rings. The fraction of sp³-hybridized carbons (Fsp3) is 0.750. The molecule has 0 saturated heterocycles. The maximum atomic E-state index is 8.31. The van der Waals surface area contributed by atoms with E-state index in [1.807, 2.05) is 0 Å². The van der Waals surface area contributed by atoms with Gasteiger partial charge in [-0.1, -0.05) is 23.7 Å². The summed E-state index contributed by atoms with van der Waals surface area (Å²) in [6.07, 6.45) is 0. The third kappa shape index (κ3) is 28.9. The van der Waals surface area contributed by atoms with Crippen molar-refractivity contribution in [2.45, 2.75) is 0 Å². The van der Waals surface area contributed by atoms with Gasteiger partial charge in [0.25, 0.3) is 0 Å². The van der Waals surface area contributed by atoms with Crippen molar-refractivity contribution in [1.82, 2.24) is 0 Å². The number of aliphatic hydroxyl groups excluding tert-OH is 4. The minimum absolute atomic E-state index is 0.0166. The fourth-order valence-corrected chi connectivity index (χ4v) is 0.955. The average molecular weight is 348 g/mol. The molecule has 0 spiro atoms. The first-order chi connectivity index (χ1) is 11.8. The highest BCUT2D eigenvalue weighted by atomic mass is 16.5. The minimum Gasteiger partial charge on any atom is -0.394 e. The number of rotatable bonds is 12. The van der Waals surface area contributed by atoms with Crippen LogP contribution in [0, 0.1) is 23.7 Å². The van der Waals surface area contributed by atoms with Crippen LogP contribution in [0.5, 0.6) is 0 Å². The van der Waals surface area contributed by atoms with Crippen LogP contribution in [0.15, 0.2) is 0 Å². The second kappa shape index (κ2) is 26.7. The molecule has 140 valence electrons. The quantitative estimate of drug-likeness (QED) is 0.237. The molecule has 0 aromatic heterocycles. The predicted octanol–water partition coefficient (Wildman–Crippen LogP) is -1.98. The Morgan fingerprint density at radius 1 is 0.417 bits per heavy atom. The van der Waals surface area contributed by atoms with Gasteiger partial charge in [0.2, 0.25) is 0 Å². The molecule has 0 aliphatic heterocycles. The first-order valence-electron chi connectivity index (χ1n) is 7.49. The third-order valence-electron chi connectivity index (χ3n) is 1.89. The van der Waals surface area contributed by atoms with E-state index in [-0.39, 0.29) is 26.4 Å². The Bertz CT molecular complexity index is 277. The first-order valence-corrected chi connectivity index (χ1v) is 7.49. The molecule has 0 fully saturated rings. The Kier molecular flexibility index (Phi) is 27.8. The van der Waals surface area contributed by atoms with E-state index in [4.69, 9.17) is 39.4 Å². The van der Waals surface area contributed by atoms with E-state index in [1.54, 1.807) is 0 Å². The summed E-state index contributed by atoms with van der Waals surface area (Å²) in [7, 11) is 0. The van der Waals surface area contributed by atoms with Crippen LogP contribution >= 0.6 is 0 Å². The molecular weight excluding hydrogens is 320 g/mol. The zero-order chi connectivity index (χ0) is 18.1. The van der Waals surface area contributed by atoms with E-state index in [9.17, 15) is 0 Å². The fourth-order valence-electron chi connectivity index (χ4n) is 0.955. The van der Waals surface area contributed by atoms with E-state index in [0.717, 1.165) is 0 Å². The Labute approximate surface area is 143 Å². The van der Waals surface area contributed by atoms with E-state index >= 15 is 0 Å². The summed E-state index contributed by atoms with van der Waals surface area (Å²) >= 11 is 0. The molecule has 0 rings (SSSR count). The van der Waals surface area contributed by atoms with Crippen molar-refractivity contribution >= 4 is 0 Å². The van der Waals surface area contributed by atoms with Crippen LogP contribution in [0.25, 0.3) is 0 Å². The lowest BCUT2D eigenvalue weighted by atomic mass is 10.6. The molecular formula is C16H28O8. The van der Waals surface area contributed by atoms with Crippen molar-refractivity contribution in [2.24, 2.45) is 0 Å². The highest BCUT2D eigenvalue weighted by Gasteiger charge is 1.81. The van der Waals surface area contributed by atoms with E-state index < -0.39 is 0 Å². The van der Waals surface area contributed by atoms with E-state index in [1.165, 1.54) is 0 Å². The van der Waals surface area contributed by atoms with Crippen molar-refractivity contribution in [3.63, 3.8) is 0 Å². The average Bonchev–Trinajstić information content (AvgIpc) is 2.60. The summed E-state index contributed by atoms with van der Waals surface area (Å²) in [6.45, 7) is 2.55. The number of hydrogen-bond donors (Lipinski definition) is 4. The molecule has 0 aromatic rings. The number of aliphatic hydroxyl groups is 4. The van der Waals surface area contributed by atoms with Crippen molar-refractivity contribution in [3.05, 3.63) is 0 Å². The molecule has 0 heterocycles. The lowest BCUT2D eigenvalue weighted by Gasteiger charge is -1.94. The standard InChI is InChI=1S/2C8H14O4/c2*9-3-7-11-5-1-2-6-12-8-4-10/h2*9-10H,3-8H2. The molecule has 4 N–H and O–H groups in total. The van der Waals surface area contributed by atoms with Gasteiger partial charge >= 0.3 is 0 Å². The maximum Gasteiger partial charge on any atom is 0.107 e. The van der Waals surface area contributed by atoms with Crippen molar-refractivity contribution in [1.29, 1.82) is 0 Å². The molecule has 8 heteroatoms. The minimum atomic E-state index is 0.0166. The van der Waals surface area contributed by atoms with Gasteiger partial charge in [-0.05, 0) is 0 Å². The zero-order valence-corrected chi connectivity index (χ0v) is 13.9. The number of hydrogen-bond acceptors (Lipinski definition) is 8. The van der Waals surface area contributed by atoms with Crippen molar-refractivity contribution in [3.8, 4) is 23.7 Å². The SMILES string of the molecule is OCCOCC#CCOCCO.OCCOCC#CCOCCO. The summed E-state index contributed by atoms with van der Waals surface area (Å²) < 4.78 is 19.4. The topological polar surface area (TPSA) is 118 Å². The highest BCUT2D eigenvalue weighted by Crippen LogP contribution is 1.73. The molecule has 0 unspecified atom stereocenters. The van der Waals surface area contributed by atoms with Crippen molar-refractivity contribution < 1.29 is 39.4 Å². The van der Waals surface area contributed by atoms with Crippen molar-refractivity contribution in [2.75, 3.05) is 79.3 Å². The van der Waals surface area contributed by atoms with Crippen LogP contribution in [0.2, 0.25) is 0 Å². The summed E-state index contributed by atoms with van der Waals surface area (Å²) in [5, 5.41) is 33.3. The molecule has 0 radical (unpaired) electrons. The maximum absolute atomic E-state index is 8.31. The Balaban J connectivity index is 0. The highest BCUT2D eigenvalue weighted by molar-refractivity contribution is 4.99. The molecule has 0 atom stereocenters. The zero-order valence-electron chi connectivity index (χ0n) is 13.9. The molecule has 0 saturated carbocycles. The van der Waals surface area contributed by atoms with Gasteiger partial charge in [0.15, 0.2) is 0 Å². The van der Waals surface area contributed by atoms with Gasteiger partial charge in [0, 0.05) is 0 Å². The van der Waals surface area contributed by atoms with Gasteiger partial charge in [-0.3, -0.25) is 0 Å². The second-order valence-corrected chi connectivity index (χ2v) is 3.81. The largest absolute Gasteiger partial charge is 0.394 e. The van der Waals surface area contributed by atoms with Crippen LogP contribution in [0.3, 0.4) is 0 Å². The summed E-state index contributed by atoms with van der Waals surface area (Å²) in [6, 6.07) is 0. The van der Waals surface area contributed by atoms with Crippen LogP contribution in [0.1, 0.15) is 0 Å². The van der Waals surface area contributed by atoms with Crippen LogP contribution < -0.4 is 0 Å². The van der Waals surface area contributed by atoms with Crippen LogP contribution in [0.4, 0.5) is 0 Å². The Morgan fingerprint density at radius 3 is 0.792 bits per heavy atom. The molecule has 0 amide bonds. The van der Waals surface area contributed by atoms with Gasteiger partial charge in [0.1, 0.15) is 26.4 Å². The molecule has 8 nitrogen and oxygen atoms in total. The van der Waals surface area contributed by atoms with Crippen LogP contribution in [-0.2, 0) is 18.9 Å². The Hall–Kier alpha value is -1.20. The van der Waals surface area contributed by atoms with Gasteiger partial charge in [-0.25, -0.2) is 0 Å². The Morgan fingerprint density at radius 2 is 0.625 bits per heavy atom. The van der Waals surface area contributed by atoms with Crippen LogP contribution in [-0.4, -0.2) is 99.7 Å². The molecule has 0 aliphatic carbocycles. The van der Waals surface area contributed by atoms with E-state index in [2.05, 4.69) is 23.7 Å². The lowest BCUT2D eigenvalue weighted by Crippen LogP contribution is -2.00. The van der Waals surface area contributed by atoms with E-state index in [0.29, 0.717) is 52.9 Å². The lowest BCUT2D eigenvalue weighted by molar-refractivity contribution is 0.111. The first kappa shape index (κ1) is 25.0. The second-order valence-electron chi connectivity index (χ2n) is 3.81. The molecule has 24 heavy (non-hydrogen) atoms. The normalized spacial score (nSPS) is 9.17. The summed E-state index contributed by atoms with van der Waals surface area (Å²) in [5.74, 6) is 10.8. The van der Waals surface area contributed by atoms with Gasteiger partial charge in [-0.15, -0.1) is 0 Å². The predicted molar refractivity (Wildman–Crippen MR) is 87.2 cm³/mol. The molecule has 0 bridgehead atoms. The van der Waals surface area contributed by atoms with Gasteiger partial charge < -0.3 is 39.4 Å². The summed E-state index contributed by atoms with van der Waals surface area (Å²) in [4.78, 5) is 0. The number of ether oxygens (including phenoxy) is 4. The summed E-state index contributed by atoms with van der Waals surface area (Å²) in [5.41, 5.74) is 0.